The summed E-state index contributed by atoms with van der Waals surface area (Å²) in [5.41, 5.74) is 0.153. The predicted molar refractivity (Wildman–Crippen MR) is 112 cm³/mol. The van der Waals surface area contributed by atoms with Crippen LogP contribution >= 0.6 is 0 Å². The van der Waals surface area contributed by atoms with Crippen LogP contribution in [-0.4, -0.2) is 41.6 Å². The molecule has 1 aromatic carbocycles. The second kappa shape index (κ2) is 11.0. The third-order valence-corrected chi connectivity index (χ3v) is 4.78. The number of alkyl halides is 3. The molecule has 0 aliphatic carbocycles. The number of hydrogen-bond acceptors (Lipinski definition) is 4. The summed E-state index contributed by atoms with van der Waals surface area (Å²) in [6.07, 6.45) is 1.25. The van der Waals surface area contributed by atoms with Crippen molar-refractivity contribution in [3.63, 3.8) is 0 Å². The number of nitrogens with zero attached hydrogens (tertiary/aromatic N) is 2. The highest BCUT2D eigenvalue weighted by molar-refractivity contribution is 5.77. The Bertz CT molecular complexity index is 839. The molecule has 0 aliphatic heterocycles. The number of rotatable bonds is 10. The maximum absolute atomic E-state index is 12.7. The Balaban J connectivity index is 2.02. The molecule has 170 valence electrons. The van der Waals surface area contributed by atoms with E-state index in [0.717, 1.165) is 36.3 Å². The maximum atomic E-state index is 12.7. The third kappa shape index (κ3) is 7.45. The van der Waals surface area contributed by atoms with Gasteiger partial charge < -0.3 is 14.4 Å². The number of likely N-dealkylation sites (N-methyl/N-ethyl adjacent to an activating group) is 1. The summed E-state index contributed by atoms with van der Waals surface area (Å²) < 4.78 is 49.3. The van der Waals surface area contributed by atoms with Gasteiger partial charge in [0.05, 0.1) is 11.7 Å². The molecular weight excluding hydrogens is 409 g/mol. The number of carbonyl (C=O) groups is 1. The second-order valence-electron chi connectivity index (χ2n) is 7.61. The largest absolute Gasteiger partial charge is 0.491 e. The van der Waals surface area contributed by atoms with Gasteiger partial charge in [0.25, 0.3) is 5.91 Å². The number of carbonyl (C=O) groups excluding carboxylic acids is 1. The van der Waals surface area contributed by atoms with Crippen LogP contribution in [0.25, 0.3) is 0 Å². The first kappa shape index (κ1) is 24.5. The van der Waals surface area contributed by atoms with Gasteiger partial charge in [-0.3, -0.25) is 9.78 Å². The zero-order valence-corrected chi connectivity index (χ0v) is 18.3. The van der Waals surface area contributed by atoms with Crippen LogP contribution in [0, 0.1) is 0 Å². The van der Waals surface area contributed by atoms with E-state index in [-0.39, 0.29) is 30.4 Å². The molecule has 0 N–H and O–H groups in total. The maximum Gasteiger partial charge on any atom is 0.416 e. The topological polar surface area (TPSA) is 51.7 Å². The van der Waals surface area contributed by atoms with E-state index in [1.54, 1.807) is 24.3 Å². The molecule has 0 spiro atoms. The van der Waals surface area contributed by atoms with E-state index in [1.165, 1.54) is 12.1 Å². The Morgan fingerprint density at radius 3 is 2.42 bits per heavy atom. The molecule has 1 unspecified atom stereocenters. The molecular formula is C23H29F3N2O3. The van der Waals surface area contributed by atoms with E-state index in [4.69, 9.17) is 9.47 Å². The highest BCUT2D eigenvalue weighted by Crippen LogP contribution is 2.30. The van der Waals surface area contributed by atoms with E-state index < -0.39 is 11.7 Å². The summed E-state index contributed by atoms with van der Waals surface area (Å²) in [5.74, 6) is 0.697. The van der Waals surface area contributed by atoms with Crippen LogP contribution < -0.4 is 9.47 Å². The summed E-state index contributed by atoms with van der Waals surface area (Å²) >= 11 is 0. The summed E-state index contributed by atoms with van der Waals surface area (Å²) in [6.45, 7) is 5.67. The van der Waals surface area contributed by atoms with Gasteiger partial charge in [-0.2, -0.15) is 13.2 Å². The number of amides is 1. The fraction of sp³-hybridized carbons (Fsp3) is 0.478. The van der Waals surface area contributed by atoms with Gasteiger partial charge in [-0.1, -0.05) is 13.3 Å². The van der Waals surface area contributed by atoms with Crippen LogP contribution in [0.4, 0.5) is 13.2 Å². The highest BCUT2D eigenvalue weighted by atomic mass is 19.4. The molecule has 2 rings (SSSR count). The first-order valence-corrected chi connectivity index (χ1v) is 10.3. The van der Waals surface area contributed by atoms with Crippen LogP contribution in [0.2, 0.25) is 0 Å². The van der Waals surface area contributed by atoms with Gasteiger partial charge in [-0.25, -0.2) is 0 Å². The smallest absolute Gasteiger partial charge is 0.416 e. The molecule has 1 amide bonds. The van der Waals surface area contributed by atoms with Crippen LogP contribution in [0.1, 0.15) is 44.7 Å². The van der Waals surface area contributed by atoms with E-state index in [2.05, 4.69) is 4.98 Å². The van der Waals surface area contributed by atoms with Crippen molar-refractivity contribution < 1.29 is 27.4 Å². The molecule has 8 heteroatoms. The minimum absolute atomic E-state index is 0.0160. The molecule has 1 aromatic heterocycles. The van der Waals surface area contributed by atoms with Crippen molar-refractivity contribution in [3.05, 3.63) is 53.9 Å². The van der Waals surface area contributed by atoms with Crippen molar-refractivity contribution in [2.75, 3.05) is 13.7 Å². The van der Waals surface area contributed by atoms with E-state index in [9.17, 15) is 18.0 Å². The average Bonchev–Trinajstić information content (AvgIpc) is 2.71. The lowest BCUT2D eigenvalue weighted by molar-refractivity contribution is -0.138. The van der Waals surface area contributed by atoms with Crippen molar-refractivity contribution in [1.82, 2.24) is 9.88 Å². The molecule has 31 heavy (non-hydrogen) atoms. The minimum Gasteiger partial charge on any atom is -0.491 e. The number of pyridine rings is 1. The van der Waals surface area contributed by atoms with Gasteiger partial charge in [0, 0.05) is 31.0 Å². The summed E-state index contributed by atoms with van der Waals surface area (Å²) in [6, 6.07) is 6.01. The molecule has 2 aromatic rings. The molecule has 0 fully saturated rings. The highest BCUT2D eigenvalue weighted by Gasteiger charge is 2.30. The number of ether oxygens (including phenoxy) is 2. The molecule has 0 bridgehead atoms. The fourth-order valence-electron chi connectivity index (χ4n) is 3.15. The lowest BCUT2D eigenvalue weighted by Gasteiger charge is -2.29. The van der Waals surface area contributed by atoms with Gasteiger partial charge >= 0.3 is 6.18 Å². The molecule has 0 aliphatic rings. The third-order valence-electron chi connectivity index (χ3n) is 4.78. The normalized spacial score (nSPS) is 12.5. The lowest BCUT2D eigenvalue weighted by Crippen LogP contribution is -2.41. The molecule has 0 saturated carbocycles. The molecule has 0 radical (unpaired) electrons. The molecule has 1 heterocycles. The molecule has 1 atom stereocenters. The predicted octanol–water partition coefficient (Wildman–Crippen LogP) is 5.14. The quantitative estimate of drug-likeness (QED) is 0.516. The Morgan fingerprint density at radius 1 is 1.16 bits per heavy atom. The summed E-state index contributed by atoms with van der Waals surface area (Å²) in [7, 11) is 1.71. The first-order chi connectivity index (χ1) is 14.6. The standard InChI is InChI=1S/C23H29F3N2O3/c1-5-6-19(13-17-14-27-12-11-21(17)31-16(2)3)28(4)22(29)15-30-20-9-7-18(8-10-20)23(24,25)26/h7-12,14,16,19H,5-6,13,15H2,1-4H3. The van der Waals surface area contributed by atoms with Gasteiger partial charge in [0.15, 0.2) is 6.61 Å². The monoisotopic (exact) mass is 438 g/mol. The number of benzene rings is 1. The van der Waals surface area contributed by atoms with Gasteiger partial charge in [0.2, 0.25) is 0 Å². The Hall–Kier alpha value is -2.77. The van der Waals surface area contributed by atoms with Crippen LogP contribution in [0.15, 0.2) is 42.7 Å². The van der Waals surface area contributed by atoms with E-state index >= 15 is 0 Å². The number of hydrogen-bond donors (Lipinski definition) is 0. The van der Waals surface area contributed by atoms with Crippen molar-refractivity contribution in [2.45, 2.75) is 58.4 Å². The Kier molecular flexibility index (Phi) is 8.71. The minimum atomic E-state index is -4.41. The molecule has 5 nitrogen and oxygen atoms in total. The van der Waals surface area contributed by atoms with Crippen molar-refractivity contribution in [2.24, 2.45) is 0 Å². The van der Waals surface area contributed by atoms with Crippen molar-refractivity contribution >= 4 is 5.91 Å². The Labute approximate surface area is 181 Å². The van der Waals surface area contributed by atoms with E-state index in [0.29, 0.717) is 6.42 Å². The average molecular weight is 438 g/mol. The zero-order valence-electron chi connectivity index (χ0n) is 18.3. The zero-order chi connectivity index (χ0) is 23.0. The molecule has 0 saturated heterocycles. The first-order valence-electron chi connectivity index (χ1n) is 10.3. The van der Waals surface area contributed by atoms with Crippen molar-refractivity contribution in [3.8, 4) is 11.5 Å². The van der Waals surface area contributed by atoms with Crippen LogP contribution in [0.3, 0.4) is 0 Å². The summed E-state index contributed by atoms with van der Waals surface area (Å²) in [5, 5.41) is 0. The summed E-state index contributed by atoms with van der Waals surface area (Å²) in [4.78, 5) is 18.5. The van der Waals surface area contributed by atoms with Crippen molar-refractivity contribution in [1.29, 1.82) is 0 Å². The van der Waals surface area contributed by atoms with Gasteiger partial charge in [-0.15, -0.1) is 0 Å². The van der Waals surface area contributed by atoms with Crippen LogP contribution in [0.5, 0.6) is 11.5 Å². The van der Waals surface area contributed by atoms with Crippen LogP contribution in [-0.2, 0) is 17.4 Å². The fourth-order valence-corrected chi connectivity index (χ4v) is 3.15. The van der Waals surface area contributed by atoms with E-state index in [1.807, 2.05) is 26.8 Å². The number of halogens is 3. The lowest BCUT2D eigenvalue weighted by atomic mass is 10.0. The second-order valence-corrected chi connectivity index (χ2v) is 7.61. The SMILES string of the molecule is CCCC(Cc1cnccc1OC(C)C)N(C)C(=O)COc1ccc(C(F)(F)F)cc1. The van der Waals surface area contributed by atoms with Gasteiger partial charge in [0.1, 0.15) is 11.5 Å². The van der Waals surface area contributed by atoms with Gasteiger partial charge in [-0.05, 0) is 57.0 Å². The Morgan fingerprint density at radius 2 is 1.84 bits per heavy atom. The number of aromatic nitrogens is 1.